The summed E-state index contributed by atoms with van der Waals surface area (Å²) >= 11 is 0. The monoisotopic (exact) mass is 362 g/mol. The number of fused-ring (bicyclic) bond motifs is 1. The van der Waals surface area contributed by atoms with E-state index in [1.807, 2.05) is 48.5 Å². The minimum atomic E-state index is 0.467. The van der Waals surface area contributed by atoms with Crippen LogP contribution < -0.4 is 9.47 Å². The van der Waals surface area contributed by atoms with E-state index in [0.29, 0.717) is 34.1 Å². The Bertz CT molecular complexity index is 1150. The number of hydrogen-bond acceptors (Lipinski definition) is 4. The van der Waals surface area contributed by atoms with Crippen LogP contribution in [0, 0.1) is 22.7 Å². The molecule has 0 saturated carbocycles. The summed E-state index contributed by atoms with van der Waals surface area (Å²) in [6.45, 7) is 0. The molecule has 0 aliphatic heterocycles. The van der Waals surface area contributed by atoms with Gasteiger partial charge in [0.15, 0.2) is 0 Å². The Morgan fingerprint density at radius 2 is 0.857 bits per heavy atom. The van der Waals surface area contributed by atoms with Gasteiger partial charge in [-0.25, -0.2) is 0 Å². The fourth-order valence-electron chi connectivity index (χ4n) is 2.96. The van der Waals surface area contributed by atoms with Crippen molar-refractivity contribution in [1.82, 2.24) is 0 Å². The number of benzene rings is 4. The van der Waals surface area contributed by atoms with Crippen molar-refractivity contribution < 1.29 is 9.47 Å². The Morgan fingerprint density at radius 3 is 1.29 bits per heavy atom. The van der Waals surface area contributed by atoms with E-state index in [1.54, 1.807) is 36.4 Å². The molecule has 28 heavy (non-hydrogen) atoms. The molecular weight excluding hydrogens is 348 g/mol. The molecule has 0 aromatic heterocycles. The molecule has 0 saturated heterocycles. The van der Waals surface area contributed by atoms with Gasteiger partial charge in [-0.15, -0.1) is 0 Å². The lowest BCUT2D eigenvalue weighted by Gasteiger charge is -2.13. The normalized spacial score (nSPS) is 10.1. The van der Waals surface area contributed by atoms with Crippen molar-refractivity contribution in [2.24, 2.45) is 0 Å². The van der Waals surface area contributed by atoms with Crippen molar-refractivity contribution >= 4 is 10.8 Å². The lowest BCUT2D eigenvalue weighted by molar-refractivity contribution is 0.481. The zero-order chi connectivity index (χ0) is 19.3. The van der Waals surface area contributed by atoms with Crippen LogP contribution in [0.25, 0.3) is 10.8 Å². The predicted octanol–water partition coefficient (Wildman–Crippen LogP) is 6.17. The third kappa shape index (κ3) is 3.23. The van der Waals surface area contributed by atoms with Crippen LogP contribution in [0.15, 0.2) is 84.9 Å². The fraction of sp³-hybridized carbons (Fsp3) is 0. The number of ether oxygens (including phenoxy) is 2. The van der Waals surface area contributed by atoms with Gasteiger partial charge in [0.1, 0.15) is 35.1 Å². The van der Waals surface area contributed by atoms with E-state index < -0.39 is 0 Å². The number of nitrogens with zero attached hydrogens (tertiary/aromatic N) is 2. The summed E-state index contributed by atoms with van der Waals surface area (Å²) in [5.74, 6) is 2.25. The number of nitriles is 2. The van der Waals surface area contributed by atoms with E-state index in [-0.39, 0.29) is 0 Å². The molecule has 0 spiro atoms. The van der Waals surface area contributed by atoms with E-state index in [2.05, 4.69) is 12.1 Å². The van der Waals surface area contributed by atoms with Crippen molar-refractivity contribution in [3.63, 3.8) is 0 Å². The van der Waals surface area contributed by atoms with Gasteiger partial charge in [-0.2, -0.15) is 10.5 Å². The highest BCUT2D eigenvalue weighted by molar-refractivity contribution is 5.93. The van der Waals surface area contributed by atoms with E-state index in [0.717, 1.165) is 10.8 Å². The van der Waals surface area contributed by atoms with Crippen LogP contribution in [0.3, 0.4) is 0 Å². The molecule has 0 N–H and O–H groups in total. The number of para-hydroxylation sites is 2. The quantitative estimate of drug-likeness (QED) is 0.435. The smallest absolute Gasteiger partial charge is 0.145 e. The molecule has 0 amide bonds. The first-order valence-corrected chi connectivity index (χ1v) is 8.66. The first-order valence-electron chi connectivity index (χ1n) is 8.66. The fourth-order valence-corrected chi connectivity index (χ4v) is 2.96. The van der Waals surface area contributed by atoms with Crippen LogP contribution in [0.2, 0.25) is 0 Å². The molecular formula is C24H14N2O2. The van der Waals surface area contributed by atoms with Gasteiger partial charge >= 0.3 is 0 Å². The Morgan fingerprint density at radius 1 is 0.464 bits per heavy atom. The summed E-state index contributed by atoms with van der Waals surface area (Å²) in [6, 6.07) is 29.8. The standard InChI is InChI=1S/C24H14N2O2/c25-15-17-7-1-3-11-21(17)27-23-13-5-10-20-19(23)9-6-14-24(20)28-22-12-4-2-8-18(22)16-26/h1-14H. The summed E-state index contributed by atoms with van der Waals surface area (Å²) in [4.78, 5) is 0. The molecule has 0 aliphatic rings. The van der Waals surface area contributed by atoms with Crippen LogP contribution in [0.4, 0.5) is 0 Å². The van der Waals surface area contributed by atoms with Gasteiger partial charge < -0.3 is 9.47 Å². The Kier molecular flexibility index (Phi) is 4.61. The summed E-state index contributed by atoms with van der Waals surface area (Å²) in [5, 5.41) is 20.3. The van der Waals surface area contributed by atoms with Crippen LogP contribution in [-0.2, 0) is 0 Å². The Balaban J connectivity index is 1.77. The van der Waals surface area contributed by atoms with Crippen LogP contribution in [-0.4, -0.2) is 0 Å². The summed E-state index contributed by atoms with van der Waals surface area (Å²) in [6.07, 6.45) is 0. The van der Waals surface area contributed by atoms with Crippen molar-refractivity contribution in [1.29, 1.82) is 10.5 Å². The second kappa shape index (κ2) is 7.53. The Labute approximate surface area is 162 Å². The summed E-state index contributed by atoms with van der Waals surface area (Å²) in [5.41, 5.74) is 0.935. The lowest BCUT2D eigenvalue weighted by atomic mass is 10.1. The third-order valence-electron chi connectivity index (χ3n) is 4.30. The maximum absolute atomic E-state index is 9.29. The number of rotatable bonds is 4. The maximum Gasteiger partial charge on any atom is 0.145 e. The van der Waals surface area contributed by atoms with Gasteiger partial charge in [0.25, 0.3) is 0 Å². The predicted molar refractivity (Wildman–Crippen MR) is 106 cm³/mol. The maximum atomic E-state index is 9.29. The second-order valence-electron chi connectivity index (χ2n) is 6.03. The van der Waals surface area contributed by atoms with Crippen molar-refractivity contribution in [3.05, 3.63) is 96.1 Å². The molecule has 132 valence electrons. The minimum absolute atomic E-state index is 0.467. The molecule has 0 radical (unpaired) electrons. The van der Waals surface area contributed by atoms with Crippen molar-refractivity contribution in [2.75, 3.05) is 0 Å². The van der Waals surface area contributed by atoms with E-state index in [1.165, 1.54) is 0 Å². The van der Waals surface area contributed by atoms with Gasteiger partial charge in [0.05, 0.1) is 11.1 Å². The summed E-state index contributed by atoms with van der Waals surface area (Å²) in [7, 11) is 0. The van der Waals surface area contributed by atoms with Gasteiger partial charge in [0, 0.05) is 10.8 Å². The highest BCUT2D eigenvalue weighted by atomic mass is 16.5. The highest BCUT2D eigenvalue weighted by Gasteiger charge is 2.11. The molecule has 4 heteroatoms. The van der Waals surface area contributed by atoms with Crippen molar-refractivity contribution in [2.45, 2.75) is 0 Å². The molecule has 4 nitrogen and oxygen atoms in total. The van der Waals surface area contributed by atoms with Crippen LogP contribution >= 0.6 is 0 Å². The van der Waals surface area contributed by atoms with Crippen LogP contribution in [0.1, 0.15) is 11.1 Å². The van der Waals surface area contributed by atoms with Crippen molar-refractivity contribution in [3.8, 4) is 35.1 Å². The SMILES string of the molecule is N#Cc1ccccc1Oc1cccc2c(Oc3ccccc3C#N)cccc12. The van der Waals surface area contributed by atoms with Gasteiger partial charge in [-0.3, -0.25) is 0 Å². The average Bonchev–Trinajstić information content (AvgIpc) is 2.75. The zero-order valence-electron chi connectivity index (χ0n) is 14.8. The van der Waals surface area contributed by atoms with Crippen LogP contribution in [0.5, 0.6) is 23.0 Å². The van der Waals surface area contributed by atoms with E-state index in [9.17, 15) is 10.5 Å². The molecule has 0 heterocycles. The molecule has 0 atom stereocenters. The molecule has 0 bridgehead atoms. The summed E-state index contributed by atoms with van der Waals surface area (Å²) < 4.78 is 12.1. The molecule has 4 rings (SSSR count). The highest BCUT2D eigenvalue weighted by Crippen LogP contribution is 2.37. The molecule has 4 aromatic rings. The molecule has 0 unspecified atom stereocenters. The molecule has 0 fully saturated rings. The zero-order valence-corrected chi connectivity index (χ0v) is 14.8. The number of hydrogen-bond donors (Lipinski definition) is 0. The van der Waals surface area contributed by atoms with Gasteiger partial charge in [-0.1, -0.05) is 48.5 Å². The largest absolute Gasteiger partial charge is 0.455 e. The van der Waals surface area contributed by atoms with Gasteiger partial charge in [0.2, 0.25) is 0 Å². The lowest BCUT2D eigenvalue weighted by Crippen LogP contribution is -1.92. The third-order valence-corrected chi connectivity index (χ3v) is 4.30. The first kappa shape index (κ1) is 17.1. The van der Waals surface area contributed by atoms with E-state index in [4.69, 9.17) is 9.47 Å². The topological polar surface area (TPSA) is 66.0 Å². The average molecular weight is 362 g/mol. The Hall–Kier alpha value is -4.28. The van der Waals surface area contributed by atoms with Gasteiger partial charge in [-0.05, 0) is 36.4 Å². The second-order valence-corrected chi connectivity index (χ2v) is 6.03. The molecule has 0 aliphatic carbocycles. The minimum Gasteiger partial charge on any atom is -0.455 e. The molecule has 4 aromatic carbocycles. The van der Waals surface area contributed by atoms with E-state index >= 15 is 0 Å². The first-order chi connectivity index (χ1) is 13.8.